The predicted octanol–water partition coefficient (Wildman–Crippen LogP) is 4.30. The van der Waals surface area contributed by atoms with E-state index < -0.39 is 0 Å². The molecule has 0 aromatic heterocycles. The number of benzene rings is 2. The first-order valence-electron chi connectivity index (χ1n) is 11.9. The van der Waals surface area contributed by atoms with Gasteiger partial charge in [0, 0.05) is 31.7 Å². The lowest BCUT2D eigenvalue weighted by Crippen LogP contribution is -2.36. The van der Waals surface area contributed by atoms with E-state index in [0.29, 0.717) is 18.7 Å². The van der Waals surface area contributed by atoms with Gasteiger partial charge in [0.25, 0.3) is 5.91 Å². The van der Waals surface area contributed by atoms with Gasteiger partial charge in [0.15, 0.2) is 5.96 Å². The Labute approximate surface area is 215 Å². The van der Waals surface area contributed by atoms with Crippen LogP contribution in [0.3, 0.4) is 0 Å². The van der Waals surface area contributed by atoms with Crippen LogP contribution < -0.4 is 16.0 Å². The van der Waals surface area contributed by atoms with Gasteiger partial charge < -0.3 is 16.0 Å². The predicted molar refractivity (Wildman–Crippen MR) is 147 cm³/mol. The molecule has 2 aromatic carbocycles. The molecule has 0 radical (unpaired) electrons. The first-order valence-corrected chi connectivity index (χ1v) is 11.9. The molecule has 1 fully saturated rings. The van der Waals surface area contributed by atoms with Gasteiger partial charge in [0.1, 0.15) is 0 Å². The van der Waals surface area contributed by atoms with E-state index in [1.807, 2.05) is 31.2 Å². The van der Waals surface area contributed by atoms with Crippen molar-refractivity contribution in [3.8, 4) is 0 Å². The molecule has 0 spiro atoms. The fourth-order valence-corrected chi connectivity index (χ4v) is 3.86. The Bertz CT molecular complexity index is 861. The number of amides is 1. The van der Waals surface area contributed by atoms with E-state index >= 15 is 0 Å². The first kappa shape index (κ1) is 27.1. The minimum atomic E-state index is -0.0421. The van der Waals surface area contributed by atoms with Gasteiger partial charge in [-0.05, 0) is 68.6 Å². The summed E-state index contributed by atoms with van der Waals surface area (Å²) in [7, 11) is 0. The summed E-state index contributed by atoms with van der Waals surface area (Å²) in [6, 6.07) is 16.5. The van der Waals surface area contributed by atoms with Crippen molar-refractivity contribution in [1.82, 2.24) is 20.9 Å². The molecule has 1 heterocycles. The van der Waals surface area contributed by atoms with Crippen molar-refractivity contribution in [3.05, 3.63) is 70.8 Å². The highest BCUT2D eigenvalue weighted by Gasteiger charge is 2.10. The van der Waals surface area contributed by atoms with Crippen molar-refractivity contribution >= 4 is 35.8 Å². The summed E-state index contributed by atoms with van der Waals surface area (Å²) < 4.78 is 0. The number of nitrogens with one attached hydrogen (secondary N) is 3. The molecule has 3 N–H and O–H groups in total. The summed E-state index contributed by atoms with van der Waals surface area (Å²) in [4.78, 5) is 19.1. The van der Waals surface area contributed by atoms with Crippen molar-refractivity contribution in [3.63, 3.8) is 0 Å². The van der Waals surface area contributed by atoms with Crippen molar-refractivity contribution in [2.75, 3.05) is 26.2 Å². The van der Waals surface area contributed by atoms with Gasteiger partial charge in [-0.3, -0.25) is 9.69 Å². The van der Waals surface area contributed by atoms with Gasteiger partial charge in [0.05, 0.1) is 6.54 Å². The molecule has 33 heavy (non-hydrogen) atoms. The van der Waals surface area contributed by atoms with Crippen molar-refractivity contribution in [1.29, 1.82) is 0 Å². The van der Waals surface area contributed by atoms with E-state index in [4.69, 9.17) is 4.99 Å². The van der Waals surface area contributed by atoms with Crippen LogP contribution in [0.25, 0.3) is 0 Å². The Hall–Kier alpha value is -2.13. The molecule has 0 aliphatic carbocycles. The van der Waals surface area contributed by atoms with Gasteiger partial charge in [-0.25, -0.2) is 4.99 Å². The van der Waals surface area contributed by atoms with Gasteiger partial charge in [-0.1, -0.05) is 42.8 Å². The number of carbonyl (C=O) groups excluding carboxylic acids is 1. The number of guanidine groups is 1. The Morgan fingerprint density at radius 2 is 1.42 bits per heavy atom. The molecule has 0 atom stereocenters. The number of hydrogen-bond acceptors (Lipinski definition) is 3. The molecule has 0 unspecified atom stereocenters. The second kappa shape index (κ2) is 14.9. The number of halogens is 1. The van der Waals surface area contributed by atoms with E-state index in [9.17, 15) is 4.79 Å². The molecule has 1 aliphatic rings. The number of likely N-dealkylation sites (tertiary alicyclic amines) is 1. The zero-order chi connectivity index (χ0) is 22.6. The van der Waals surface area contributed by atoms with Crippen molar-refractivity contribution < 1.29 is 4.79 Å². The summed E-state index contributed by atoms with van der Waals surface area (Å²) in [6.07, 6.45) is 4.03. The lowest BCUT2D eigenvalue weighted by atomic mass is 10.1. The average Bonchev–Trinajstić information content (AvgIpc) is 2.83. The zero-order valence-electron chi connectivity index (χ0n) is 19.9. The number of rotatable bonds is 9. The Balaban J connectivity index is 0.00000385. The molecule has 0 bridgehead atoms. The average molecular weight is 564 g/mol. The molecule has 0 saturated carbocycles. The van der Waals surface area contributed by atoms with Gasteiger partial charge in [-0.15, -0.1) is 24.0 Å². The lowest BCUT2D eigenvalue weighted by molar-refractivity contribution is 0.0956. The minimum absolute atomic E-state index is 0. The Morgan fingerprint density at radius 3 is 2.06 bits per heavy atom. The van der Waals surface area contributed by atoms with Crippen molar-refractivity contribution in [2.24, 2.45) is 4.99 Å². The smallest absolute Gasteiger partial charge is 0.251 e. The van der Waals surface area contributed by atoms with Crippen LogP contribution >= 0.6 is 24.0 Å². The topological polar surface area (TPSA) is 68.8 Å². The maximum absolute atomic E-state index is 11.9. The van der Waals surface area contributed by atoms with Crippen LogP contribution in [0.2, 0.25) is 0 Å². The van der Waals surface area contributed by atoms with E-state index in [2.05, 4.69) is 52.0 Å². The van der Waals surface area contributed by atoms with Crippen LogP contribution in [0.4, 0.5) is 0 Å². The van der Waals surface area contributed by atoms with Gasteiger partial charge in [-0.2, -0.15) is 0 Å². The zero-order valence-corrected chi connectivity index (χ0v) is 22.2. The second-order valence-electron chi connectivity index (χ2n) is 8.26. The highest BCUT2D eigenvalue weighted by Crippen LogP contribution is 2.13. The summed E-state index contributed by atoms with van der Waals surface area (Å²) in [6.45, 7) is 10.2. The van der Waals surface area contributed by atoms with Crippen LogP contribution in [-0.4, -0.2) is 42.9 Å². The van der Waals surface area contributed by atoms with Gasteiger partial charge >= 0.3 is 0 Å². The standard InChI is InChI=1S/C26H37N5O.HI/c1-3-27-25(32)24-14-12-22(13-15-24)19-30-26(28-4-2)29-18-21-8-10-23(11-9-21)20-31-16-6-5-7-17-31;/h8-15H,3-7,16-20H2,1-2H3,(H,27,32)(H2,28,29,30);1H. The van der Waals surface area contributed by atoms with Crippen LogP contribution in [0.15, 0.2) is 53.5 Å². The highest BCUT2D eigenvalue weighted by molar-refractivity contribution is 14.0. The van der Waals surface area contributed by atoms with E-state index in [1.165, 1.54) is 43.5 Å². The summed E-state index contributed by atoms with van der Waals surface area (Å²) in [5.41, 5.74) is 4.36. The summed E-state index contributed by atoms with van der Waals surface area (Å²) >= 11 is 0. The Kier molecular flexibility index (Phi) is 12.2. The van der Waals surface area contributed by atoms with Crippen LogP contribution in [0.5, 0.6) is 0 Å². The van der Waals surface area contributed by atoms with Crippen LogP contribution in [0.1, 0.15) is 60.2 Å². The number of carbonyl (C=O) groups is 1. The van der Waals surface area contributed by atoms with Crippen molar-refractivity contribution in [2.45, 2.75) is 52.7 Å². The fourth-order valence-electron chi connectivity index (χ4n) is 3.86. The highest BCUT2D eigenvalue weighted by atomic mass is 127. The molecule has 1 saturated heterocycles. The fraction of sp³-hybridized carbons (Fsp3) is 0.462. The van der Waals surface area contributed by atoms with E-state index in [0.717, 1.165) is 31.2 Å². The molecule has 7 heteroatoms. The van der Waals surface area contributed by atoms with Crippen LogP contribution in [0, 0.1) is 0 Å². The summed E-state index contributed by atoms with van der Waals surface area (Å²) in [5.74, 6) is 0.747. The molecule has 2 aromatic rings. The second-order valence-corrected chi connectivity index (χ2v) is 8.26. The molecular weight excluding hydrogens is 525 g/mol. The number of nitrogens with zero attached hydrogens (tertiary/aromatic N) is 2. The molecule has 6 nitrogen and oxygen atoms in total. The Morgan fingerprint density at radius 1 is 0.818 bits per heavy atom. The lowest BCUT2D eigenvalue weighted by Gasteiger charge is -2.26. The monoisotopic (exact) mass is 563 g/mol. The third-order valence-electron chi connectivity index (χ3n) is 5.66. The van der Waals surface area contributed by atoms with E-state index in [-0.39, 0.29) is 29.9 Å². The largest absolute Gasteiger partial charge is 0.357 e. The maximum Gasteiger partial charge on any atom is 0.251 e. The SMILES string of the molecule is CCNC(=O)c1ccc(CN=C(NCC)NCc2ccc(CN3CCCCC3)cc2)cc1.I. The molecule has 180 valence electrons. The summed E-state index contributed by atoms with van der Waals surface area (Å²) in [5, 5.41) is 9.54. The van der Waals surface area contributed by atoms with E-state index in [1.54, 1.807) is 0 Å². The molecule has 1 aliphatic heterocycles. The number of hydrogen-bond donors (Lipinski definition) is 3. The third-order valence-corrected chi connectivity index (χ3v) is 5.66. The third kappa shape index (κ3) is 9.33. The molecule has 3 rings (SSSR count). The molecular formula is C26H38IN5O. The minimum Gasteiger partial charge on any atom is -0.357 e. The normalized spacial score (nSPS) is 14.3. The van der Waals surface area contributed by atoms with Crippen LogP contribution in [-0.2, 0) is 19.6 Å². The number of piperidine rings is 1. The first-order chi connectivity index (χ1) is 15.7. The quantitative estimate of drug-likeness (QED) is 0.242. The molecule has 1 amide bonds. The number of aliphatic imine (C=N–C) groups is 1. The van der Waals surface area contributed by atoms with Gasteiger partial charge in [0.2, 0.25) is 0 Å². The maximum atomic E-state index is 11.9.